The lowest BCUT2D eigenvalue weighted by molar-refractivity contribution is 0.00694. The number of amides is 1. The molecule has 7 heteroatoms. The van der Waals surface area contributed by atoms with Crippen LogP contribution in [0.3, 0.4) is 0 Å². The van der Waals surface area contributed by atoms with Crippen molar-refractivity contribution in [2.24, 2.45) is 0 Å². The van der Waals surface area contributed by atoms with Gasteiger partial charge in [0.25, 0.3) is 0 Å². The average Bonchev–Trinajstić information content (AvgIpc) is 3.16. The molecule has 184 valence electrons. The summed E-state index contributed by atoms with van der Waals surface area (Å²) < 4.78 is 11.8. The van der Waals surface area contributed by atoms with Crippen LogP contribution in [0.5, 0.6) is 0 Å². The summed E-state index contributed by atoms with van der Waals surface area (Å²) in [6, 6.07) is 13.0. The lowest BCUT2D eigenvalue weighted by Crippen LogP contribution is -2.34. The van der Waals surface area contributed by atoms with Gasteiger partial charge >= 0.3 is 12.1 Å². The summed E-state index contributed by atoms with van der Waals surface area (Å²) in [5.41, 5.74) is 2.05. The molecule has 0 aliphatic rings. The highest BCUT2D eigenvalue weighted by atomic mass is 32.1. The first-order valence-electron chi connectivity index (χ1n) is 11.4. The molecule has 3 rings (SSSR count). The van der Waals surface area contributed by atoms with Crippen LogP contribution in [0.25, 0.3) is 22.4 Å². The average molecular weight is 493 g/mol. The molecule has 0 saturated carbocycles. The van der Waals surface area contributed by atoms with Crippen molar-refractivity contribution < 1.29 is 19.1 Å². The molecule has 6 nitrogen and oxygen atoms in total. The van der Waals surface area contributed by atoms with Gasteiger partial charge in [0.05, 0.1) is 15.8 Å². The number of hydrogen-bond acceptors (Lipinski definition) is 6. The zero-order valence-corrected chi connectivity index (χ0v) is 22.1. The lowest BCUT2D eigenvalue weighted by Gasteiger charge is -2.24. The van der Waals surface area contributed by atoms with Crippen LogP contribution in [0, 0.1) is 0 Å². The summed E-state index contributed by atoms with van der Waals surface area (Å²) in [7, 11) is 1.69. The first-order chi connectivity index (χ1) is 16.3. The van der Waals surface area contributed by atoms with Crippen molar-refractivity contribution in [2.75, 3.05) is 11.9 Å². The van der Waals surface area contributed by atoms with E-state index in [2.05, 4.69) is 4.98 Å². The van der Waals surface area contributed by atoms with Crippen molar-refractivity contribution in [3.05, 3.63) is 70.8 Å². The second kappa shape index (κ2) is 10.4. The SMILES string of the molecule is CN(C(=O)OC(C)(C)C)c1ccc(C=CC=Cc2nc3ccc(C(=O)OC(C)(C)C)cc3s2)cc1. The standard InChI is InChI=1S/C28H32N2O4S/c1-27(2,3)33-25(31)20-14-17-22-23(18-20)35-24(29-22)11-9-8-10-19-12-15-21(16-13-19)30(7)26(32)34-28(4,5)6/h8-18H,1-7H3. The Balaban J connectivity index is 1.63. The molecule has 0 fully saturated rings. The molecule has 0 spiro atoms. The predicted octanol–water partition coefficient (Wildman–Crippen LogP) is 7.35. The molecule has 0 saturated heterocycles. The van der Waals surface area contributed by atoms with Crippen LogP contribution in [0.4, 0.5) is 10.5 Å². The third kappa shape index (κ3) is 7.79. The Morgan fingerprint density at radius 1 is 0.886 bits per heavy atom. The van der Waals surface area contributed by atoms with E-state index in [-0.39, 0.29) is 5.97 Å². The minimum atomic E-state index is -0.538. The number of esters is 1. The van der Waals surface area contributed by atoms with Gasteiger partial charge in [0, 0.05) is 12.7 Å². The fourth-order valence-corrected chi connectivity index (χ4v) is 3.95. The van der Waals surface area contributed by atoms with Gasteiger partial charge in [-0.3, -0.25) is 4.90 Å². The van der Waals surface area contributed by atoms with Gasteiger partial charge in [-0.2, -0.15) is 0 Å². The number of ether oxygens (including phenoxy) is 2. The number of thiazole rings is 1. The van der Waals surface area contributed by atoms with E-state index in [1.807, 2.05) is 102 Å². The Bertz CT molecular complexity index is 1260. The number of fused-ring (bicyclic) bond motifs is 1. The number of rotatable bonds is 5. The van der Waals surface area contributed by atoms with Gasteiger partial charge in [0.15, 0.2) is 0 Å². The number of benzene rings is 2. The molecule has 1 heterocycles. The summed E-state index contributed by atoms with van der Waals surface area (Å²) in [5.74, 6) is -0.337. The summed E-state index contributed by atoms with van der Waals surface area (Å²) in [6.45, 7) is 11.1. The molecular formula is C28H32N2O4S. The largest absolute Gasteiger partial charge is 0.456 e. The lowest BCUT2D eigenvalue weighted by atomic mass is 10.1. The van der Waals surface area contributed by atoms with Gasteiger partial charge in [0.1, 0.15) is 16.2 Å². The number of nitrogens with zero attached hydrogens (tertiary/aromatic N) is 2. The number of anilines is 1. The van der Waals surface area contributed by atoms with Gasteiger partial charge in [-0.05, 0) is 83.5 Å². The quantitative estimate of drug-likeness (QED) is 0.275. The van der Waals surface area contributed by atoms with Crippen LogP contribution in [0.15, 0.2) is 54.6 Å². The molecule has 1 aromatic heterocycles. The minimum absolute atomic E-state index is 0.337. The highest BCUT2D eigenvalue weighted by Gasteiger charge is 2.20. The third-order valence-electron chi connectivity index (χ3n) is 4.63. The predicted molar refractivity (Wildman–Crippen MR) is 144 cm³/mol. The van der Waals surface area contributed by atoms with Crippen LogP contribution >= 0.6 is 11.3 Å². The highest BCUT2D eigenvalue weighted by molar-refractivity contribution is 7.19. The van der Waals surface area contributed by atoms with Gasteiger partial charge in [0.2, 0.25) is 0 Å². The van der Waals surface area contributed by atoms with Crippen molar-refractivity contribution in [3.8, 4) is 0 Å². The summed E-state index contributed by atoms with van der Waals surface area (Å²) in [5, 5.41) is 0.848. The molecule has 0 radical (unpaired) electrons. The van der Waals surface area contributed by atoms with E-state index in [1.165, 1.54) is 16.2 Å². The topological polar surface area (TPSA) is 68.7 Å². The molecule has 0 N–H and O–H groups in total. The van der Waals surface area contributed by atoms with Crippen LogP contribution in [0.1, 0.15) is 62.5 Å². The number of carbonyl (C=O) groups excluding carboxylic acids is 2. The Kier molecular flexibility index (Phi) is 7.80. The zero-order valence-electron chi connectivity index (χ0n) is 21.3. The fraction of sp³-hybridized carbons (Fsp3) is 0.321. The highest BCUT2D eigenvalue weighted by Crippen LogP contribution is 2.25. The molecule has 0 unspecified atom stereocenters. The van der Waals surface area contributed by atoms with Crippen LogP contribution in [-0.2, 0) is 9.47 Å². The normalized spacial score (nSPS) is 12.4. The molecule has 0 aliphatic carbocycles. The van der Waals surface area contributed by atoms with Crippen molar-refractivity contribution >= 4 is 51.5 Å². The zero-order chi connectivity index (χ0) is 25.8. The first kappa shape index (κ1) is 26.2. The van der Waals surface area contributed by atoms with Crippen molar-refractivity contribution in [2.45, 2.75) is 52.7 Å². The van der Waals surface area contributed by atoms with Gasteiger partial charge in [-0.1, -0.05) is 30.4 Å². The molecule has 0 aliphatic heterocycles. The van der Waals surface area contributed by atoms with Crippen LogP contribution < -0.4 is 4.90 Å². The Labute approximate surface area is 210 Å². The van der Waals surface area contributed by atoms with Crippen LogP contribution in [-0.4, -0.2) is 35.3 Å². The molecule has 0 atom stereocenters. The van der Waals surface area contributed by atoms with E-state index in [0.717, 1.165) is 26.5 Å². The first-order valence-corrected chi connectivity index (χ1v) is 12.2. The Hall–Kier alpha value is -3.45. The minimum Gasteiger partial charge on any atom is -0.456 e. The number of hydrogen-bond donors (Lipinski definition) is 0. The molecular weight excluding hydrogens is 460 g/mol. The van der Waals surface area contributed by atoms with E-state index in [4.69, 9.17) is 9.47 Å². The van der Waals surface area contributed by atoms with Crippen LogP contribution in [0.2, 0.25) is 0 Å². The van der Waals surface area contributed by atoms with Gasteiger partial charge < -0.3 is 9.47 Å². The second-order valence-electron chi connectivity index (χ2n) is 10.1. The van der Waals surface area contributed by atoms with E-state index >= 15 is 0 Å². The van der Waals surface area contributed by atoms with E-state index < -0.39 is 17.3 Å². The second-order valence-corrected chi connectivity index (χ2v) is 11.1. The summed E-state index contributed by atoms with van der Waals surface area (Å²) in [4.78, 5) is 30.6. The summed E-state index contributed by atoms with van der Waals surface area (Å²) in [6.07, 6.45) is 7.37. The molecule has 0 bridgehead atoms. The Morgan fingerprint density at radius 3 is 2.14 bits per heavy atom. The maximum atomic E-state index is 12.3. The van der Waals surface area contributed by atoms with Gasteiger partial charge in [-0.15, -0.1) is 11.3 Å². The number of carbonyl (C=O) groups is 2. The molecule has 35 heavy (non-hydrogen) atoms. The van der Waals surface area contributed by atoms with Crippen molar-refractivity contribution in [3.63, 3.8) is 0 Å². The maximum Gasteiger partial charge on any atom is 0.414 e. The number of allylic oxidation sites excluding steroid dienone is 2. The van der Waals surface area contributed by atoms with E-state index in [9.17, 15) is 9.59 Å². The fourth-order valence-electron chi connectivity index (χ4n) is 3.03. The molecule has 3 aromatic rings. The van der Waals surface area contributed by atoms with E-state index in [0.29, 0.717) is 5.56 Å². The van der Waals surface area contributed by atoms with Crippen molar-refractivity contribution in [1.29, 1.82) is 0 Å². The maximum absolute atomic E-state index is 12.3. The smallest absolute Gasteiger partial charge is 0.414 e. The molecule has 1 amide bonds. The molecule has 2 aromatic carbocycles. The third-order valence-corrected chi connectivity index (χ3v) is 5.61. The number of aromatic nitrogens is 1. The monoisotopic (exact) mass is 492 g/mol. The van der Waals surface area contributed by atoms with Crippen molar-refractivity contribution in [1.82, 2.24) is 4.98 Å². The Morgan fingerprint density at radius 2 is 1.51 bits per heavy atom. The summed E-state index contributed by atoms with van der Waals surface area (Å²) >= 11 is 1.52. The van der Waals surface area contributed by atoms with E-state index in [1.54, 1.807) is 13.1 Å². The van der Waals surface area contributed by atoms with Gasteiger partial charge in [-0.25, -0.2) is 14.6 Å².